The molecule has 1 heterocycles. The zero-order valence-corrected chi connectivity index (χ0v) is 12.1. The van der Waals surface area contributed by atoms with Crippen LogP contribution in [0.5, 0.6) is 5.75 Å². The van der Waals surface area contributed by atoms with Crippen LogP contribution in [0, 0.1) is 0 Å². The molecule has 0 amide bonds. The smallest absolute Gasteiger partial charge is 0.363 e. The number of ether oxygens (including phenoxy) is 1. The third kappa shape index (κ3) is 2.96. The van der Waals surface area contributed by atoms with Crippen molar-refractivity contribution in [3.63, 3.8) is 0 Å². The molecule has 0 spiro atoms. The Morgan fingerprint density at radius 1 is 1.00 bits per heavy atom. The summed E-state index contributed by atoms with van der Waals surface area (Å²) in [5.41, 5.74) is 1.46. The van der Waals surface area contributed by atoms with Crippen molar-refractivity contribution in [2.75, 3.05) is 0 Å². The molecule has 0 saturated heterocycles. The summed E-state index contributed by atoms with van der Waals surface area (Å²) < 4.78 is 5.20. The van der Waals surface area contributed by atoms with E-state index in [0.29, 0.717) is 26.8 Å². The molecule has 104 valence electrons. The Labute approximate surface area is 130 Å². The first kappa shape index (κ1) is 13.8. The summed E-state index contributed by atoms with van der Waals surface area (Å²) in [6.45, 7) is 0. The standard InChI is InChI=1S/C15H8Cl2N2O2/c16-10-6-5-9(7-11(10)17)21-15(20)14-8-18-12-3-1-2-4-13(12)19-14/h1-8H. The summed E-state index contributed by atoms with van der Waals surface area (Å²) in [5.74, 6) is -0.309. The SMILES string of the molecule is O=C(Oc1ccc(Cl)c(Cl)c1)c1cnc2ccccc2n1. The van der Waals surface area contributed by atoms with E-state index < -0.39 is 5.97 Å². The van der Waals surface area contributed by atoms with Crippen molar-refractivity contribution in [2.45, 2.75) is 0 Å². The van der Waals surface area contributed by atoms with E-state index in [-0.39, 0.29) is 5.69 Å². The van der Waals surface area contributed by atoms with E-state index in [2.05, 4.69) is 9.97 Å². The van der Waals surface area contributed by atoms with Crippen LogP contribution >= 0.6 is 23.2 Å². The number of para-hydroxylation sites is 2. The molecule has 1 aromatic heterocycles. The lowest BCUT2D eigenvalue weighted by atomic mass is 10.3. The minimum Gasteiger partial charge on any atom is -0.422 e. The summed E-state index contributed by atoms with van der Waals surface area (Å²) >= 11 is 11.7. The van der Waals surface area contributed by atoms with Gasteiger partial charge in [-0.2, -0.15) is 0 Å². The lowest BCUT2D eigenvalue weighted by Crippen LogP contribution is -2.11. The molecule has 3 rings (SSSR count). The zero-order chi connectivity index (χ0) is 14.8. The van der Waals surface area contributed by atoms with Gasteiger partial charge in [-0.25, -0.2) is 9.78 Å². The monoisotopic (exact) mass is 318 g/mol. The van der Waals surface area contributed by atoms with Crippen LogP contribution in [-0.4, -0.2) is 15.9 Å². The lowest BCUT2D eigenvalue weighted by molar-refractivity contribution is 0.0728. The number of hydrogen-bond donors (Lipinski definition) is 0. The van der Waals surface area contributed by atoms with E-state index >= 15 is 0 Å². The highest BCUT2D eigenvalue weighted by molar-refractivity contribution is 6.42. The van der Waals surface area contributed by atoms with E-state index in [1.54, 1.807) is 18.2 Å². The van der Waals surface area contributed by atoms with Crippen LogP contribution in [0.4, 0.5) is 0 Å². The number of carbonyl (C=O) groups is 1. The van der Waals surface area contributed by atoms with Crippen molar-refractivity contribution in [1.82, 2.24) is 9.97 Å². The van der Waals surface area contributed by atoms with Crippen LogP contribution in [0.3, 0.4) is 0 Å². The summed E-state index contributed by atoms with van der Waals surface area (Å²) in [7, 11) is 0. The van der Waals surface area contributed by atoms with E-state index in [4.69, 9.17) is 27.9 Å². The highest BCUT2D eigenvalue weighted by atomic mass is 35.5. The Bertz CT molecular complexity index is 837. The largest absolute Gasteiger partial charge is 0.422 e. The molecule has 0 saturated carbocycles. The Morgan fingerprint density at radius 2 is 1.76 bits per heavy atom. The third-order valence-electron chi connectivity index (χ3n) is 2.76. The van der Waals surface area contributed by atoms with Gasteiger partial charge >= 0.3 is 5.97 Å². The quantitative estimate of drug-likeness (QED) is 0.526. The van der Waals surface area contributed by atoms with Gasteiger partial charge in [0, 0.05) is 6.07 Å². The van der Waals surface area contributed by atoms with Gasteiger partial charge in [-0.3, -0.25) is 4.98 Å². The molecule has 0 atom stereocenters. The van der Waals surface area contributed by atoms with Crippen molar-refractivity contribution in [3.05, 3.63) is 64.4 Å². The molecule has 2 aromatic carbocycles. The molecule has 0 bridgehead atoms. The van der Waals surface area contributed by atoms with E-state index in [1.165, 1.54) is 12.3 Å². The van der Waals surface area contributed by atoms with Gasteiger partial charge in [0.25, 0.3) is 0 Å². The maximum Gasteiger partial charge on any atom is 0.363 e. The molecular formula is C15H8Cl2N2O2. The molecule has 21 heavy (non-hydrogen) atoms. The normalized spacial score (nSPS) is 10.6. The van der Waals surface area contributed by atoms with Crippen LogP contribution in [0.25, 0.3) is 11.0 Å². The molecule has 0 N–H and O–H groups in total. The van der Waals surface area contributed by atoms with Gasteiger partial charge in [0.2, 0.25) is 0 Å². The molecule has 0 unspecified atom stereocenters. The fourth-order valence-corrected chi connectivity index (χ4v) is 2.04. The van der Waals surface area contributed by atoms with Crippen molar-refractivity contribution in [2.24, 2.45) is 0 Å². The van der Waals surface area contributed by atoms with Gasteiger partial charge in [-0.1, -0.05) is 35.3 Å². The third-order valence-corrected chi connectivity index (χ3v) is 3.50. The minimum absolute atomic E-state index is 0.125. The van der Waals surface area contributed by atoms with E-state index in [0.717, 1.165) is 0 Å². The highest BCUT2D eigenvalue weighted by Gasteiger charge is 2.12. The number of carbonyl (C=O) groups excluding carboxylic acids is 1. The molecule has 4 nitrogen and oxygen atoms in total. The summed E-state index contributed by atoms with van der Waals surface area (Å²) in [4.78, 5) is 20.4. The average molecular weight is 319 g/mol. The second kappa shape index (κ2) is 5.68. The number of aromatic nitrogens is 2. The fourth-order valence-electron chi connectivity index (χ4n) is 1.76. The summed E-state index contributed by atoms with van der Waals surface area (Å²) in [6.07, 6.45) is 1.38. The van der Waals surface area contributed by atoms with Crippen LogP contribution in [0.2, 0.25) is 10.0 Å². The molecular weight excluding hydrogens is 311 g/mol. The van der Waals surface area contributed by atoms with Gasteiger partial charge < -0.3 is 4.74 Å². The Balaban J connectivity index is 1.87. The Hall–Kier alpha value is -2.17. The van der Waals surface area contributed by atoms with Crippen molar-refractivity contribution >= 4 is 40.2 Å². The maximum atomic E-state index is 12.1. The van der Waals surface area contributed by atoms with Crippen LogP contribution in [0.15, 0.2) is 48.7 Å². The zero-order valence-electron chi connectivity index (χ0n) is 10.6. The van der Waals surface area contributed by atoms with Gasteiger partial charge in [-0.15, -0.1) is 0 Å². The Morgan fingerprint density at radius 3 is 2.52 bits per heavy atom. The summed E-state index contributed by atoms with van der Waals surface area (Å²) in [5, 5.41) is 0.702. The maximum absolute atomic E-state index is 12.1. The number of esters is 1. The topological polar surface area (TPSA) is 52.1 Å². The predicted octanol–water partition coefficient (Wildman–Crippen LogP) is 4.16. The van der Waals surface area contributed by atoms with E-state index in [1.807, 2.05) is 18.2 Å². The predicted molar refractivity (Wildman–Crippen MR) is 81.0 cm³/mol. The van der Waals surface area contributed by atoms with Gasteiger partial charge in [0.05, 0.1) is 27.3 Å². The fraction of sp³-hybridized carbons (Fsp3) is 0. The number of halogens is 2. The highest BCUT2D eigenvalue weighted by Crippen LogP contribution is 2.26. The number of benzene rings is 2. The van der Waals surface area contributed by atoms with E-state index in [9.17, 15) is 4.79 Å². The minimum atomic E-state index is -0.605. The van der Waals surface area contributed by atoms with Gasteiger partial charge in [-0.05, 0) is 24.3 Å². The molecule has 3 aromatic rings. The second-order valence-corrected chi connectivity index (χ2v) is 5.02. The number of hydrogen-bond acceptors (Lipinski definition) is 4. The first-order chi connectivity index (χ1) is 10.1. The van der Waals surface area contributed by atoms with Crippen molar-refractivity contribution in [1.29, 1.82) is 0 Å². The van der Waals surface area contributed by atoms with Crippen LogP contribution in [0.1, 0.15) is 10.5 Å². The van der Waals surface area contributed by atoms with Crippen molar-refractivity contribution in [3.8, 4) is 5.75 Å². The van der Waals surface area contributed by atoms with Gasteiger partial charge in [0.15, 0.2) is 5.69 Å². The first-order valence-electron chi connectivity index (χ1n) is 6.02. The van der Waals surface area contributed by atoms with Crippen LogP contribution in [-0.2, 0) is 0 Å². The van der Waals surface area contributed by atoms with Crippen LogP contribution < -0.4 is 4.74 Å². The average Bonchev–Trinajstić information content (AvgIpc) is 2.50. The van der Waals surface area contributed by atoms with Gasteiger partial charge in [0.1, 0.15) is 5.75 Å². The Kier molecular flexibility index (Phi) is 3.73. The molecule has 0 aliphatic rings. The van der Waals surface area contributed by atoms with Crippen molar-refractivity contribution < 1.29 is 9.53 Å². The first-order valence-corrected chi connectivity index (χ1v) is 6.78. The molecule has 0 aliphatic carbocycles. The molecule has 0 radical (unpaired) electrons. The number of nitrogens with zero attached hydrogens (tertiary/aromatic N) is 2. The lowest BCUT2D eigenvalue weighted by Gasteiger charge is -2.05. The molecule has 0 aliphatic heterocycles. The second-order valence-electron chi connectivity index (χ2n) is 4.21. The number of rotatable bonds is 2. The molecule has 6 heteroatoms. The summed E-state index contributed by atoms with van der Waals surface area (Å²) in [6, 6.07) is 11.8. The number of fused-ring (bicyclic) bond motifs is 1. The molecule has 0 fully saturated rings.